The van der Waals surface area contributed by atoms with Gasteiger partial charge >= 0.3 is 0 Å². The third-order valence-corrected chi connectivity index (χ3v) is 3.16. The lowest BCUT2D eigenvalue weighted by molar-refractivity contribution is -0.130. The zero-order valence-electron chi connectivity index (χ0n) is 11.1. The first-order chi connectivity index (χ1) is 7.28. The van der Waals surface area contributed by atoms with E-state index in [4.69, 9.17) is 9.47 Å². The van der Waals surface area contributed by atoms with Crippen LogP contribution in [0.1, 0.15) is 47.5 Å². The van der Waals surface area contributed by atoms with Crippen LogP contribution >= 0.6 is 0 Å². The summed E-state index contributed by atoms with van der Waals surface area (Å²) >= 11 is 0. The highest BCUT2D eigenvalue weighted by molar-refractivity contribution is 5.82. The van der Waals surface area contributed by atoms with Crippen molar-refractivity contribution in [2.75, 3.05) is 13.2 Å². The molecule has 1 unspecified atom stereocenters. The van der Waals surface area contributed by atoms with E-state index in [0.29, 0.717) is 19.6 Å². The summed E-state index contributed by atoms with van der Waals surface area (Å²) in [6.07, 6.45) is 1.31. The number of hydrogen-bond donors (Lipinski definition) is 0. The molecule has 0 aromatic rings. The van der Waals surface area contributed by atoms with Gasteiger partial charge in [0.25, 0.3) is 0 Å². The molecule has 1 aliphatic rings. The van der Waals surface area contributed by atoms with Gasteiger partial charge in [-0.15, -0.1) is 0 Å². The van der Waals surface area contributed by atoms with Gasteiger partial charge in [-0.25, -0.2) is 0 Å². The number of rotatable bonds is 5. The molecule has 3 heteroatoms. The van der Waals surface area contributed by atoms with E-state index in [9.17, 15) is 4.79 Å². The van der Waals surface area contributed by atoms with Gasteiger partial charge in [-0.05, 0) is 41.0 Å². The van der Waals surface area contributed by atoms with E-state index in [-0.39, 0.29) is 22.9 Å². The SMILES string of the molecule is CCOCCC(=O)C1CC(C)(C)OC1(C)C. The lowest BCUT2D eigenvalue weighted by atomic mass is 9.83. The highest BCUT2D eigenvalue weighted by atomic mass is 16.5. The lowest BCUT2D eigenvalue weighted by Gasteiger charge is -2.26. The topological polar surface area (TPSA) is 35.5 Å². The van der Waals surface area contributed by atoms with Gasteiger partial charge in [0, 0.05) is 18.9 Å². The third-order valence-electron chi connectivity index (χ3n) is 3.16. The van der Waals surface area contributed by atoms with Crippen LogP contribution in [0.5, 0.6) is 0 Å². The summed E-state index contributed by atoms with van der Waals surface area (Å²) in [4.78, 5) is 12.1. The highest BCUT2D eigenvalue weighted by Gasteiger charge is 2.48. The zero-order chi connectivity index (χ0) is 12.4. The third kappa shape index (κ3) is 3.29. The maximum absolute atomic E-state index is 12.1. The number of carbonyl (C=O) groups is 1. The fourth-order valence-corrected chi connectivity index (χ4v) is 2.56. The number of hydrogen-bond acceptors (Lipinski definition) is 3. The van der Waals surface area contributed by atoms with E-state index in [0.717, 1.165) is 6.42 Å². The van der Waals surface area contributed by atoms with E-state index >= 15 is 0 Å². The number of ether oxygens (including phenoxy) is 2. The molecular weight excluding hydrogens is 204 g/mol. The summed E-state index contributed by atoms with van der Waals surface area (Å²) in [5.74, 6) is 0.270. The van der Waals surface area contributed by atoms with E-state index in [1.54, 1.807) is 0 Å². The fraction of sp³-hybridized carbons (Fsp3) is 0.923. The van der Waals surface area contributed by atoms with Gasteiger partial charge in [0.05, 0.1) is 17.8 Å². The average molecular weight is 228 g/mol. The normalized spacial score (nSPS) is 26.9. The van der Waals surface area contributed by atoms with Crippen molar-refractivity contribution in [3.8, 4) is 0 Å². The van der Waals surface area contributed by atoms with E-state index in [1.807, 2.05) is 34.6 Å². The summed E-state index contributed by atoms with van der Waals surface area (Å²) in [6.45, 7) is 11.2. The first kappa shape index (κ1) is 13.7. The summed E-state index contributed by atoms with van der Waals surface area (Å²) in [7, 11) is 0. The van der Waals surface area contributed by atoms with Crippen molar-refractivity contribution in [1.82, 2.24) is 0 Å². The van der Waals surface area contributed by atoms with Crippen molar-refractivity contribution in [2.24, 2.45) is 5.92 Å². The van der Waals surface area contributed by atoms with Crippen molar-refractivity contribution >= 4 is 5.78 Å². The van der Waals surface area contributed by atoms with Crippen LogP contribution < -0.4 is 0 Å². The standard InChI is InChI=1S/C13H24O3/c1-6-15-8-7-11(14)10-9-12(2,3)16-13(10,4)5/h10H,6-9H2,1-5H3. The Labute approximate surface area is 98.5 Å². The van der Waals surface area contributed by atoms with Crippen LogP contribution in [0.3, 0.4) is 0 Å². The molecule has 1 fully saturated rings. The Hall–Kier alpha value is -0.410. The number of Topliss-reactive ketones (excluding diaryl/α,β-unsaturated/α-hetero) is 1. The van der Waals surface area contributed by atoms with E-state index in [1.165, 1.54) is 0 Å². The van der Waals surface area contributed by atoms with Crippen molar-refractivity contribution in [3.05, 3.63) is 0 Å². The number of carbonyl (C=O) groups excluding carboxylic acids is 1. The Bertz CT molecular complexity index is 256. The summed E-state index contributed by atoms with van der Waals surface area (Å²) < 4.78 is 11.1. The molecule has 0 saturated carbocycles. The average Bonchev–Trinajstić information content (AvgIpc) is 2.34. The minimum Gasteiger partial charge on any atom is -0.381 e. The second kappa shape index (κ2) is 4.84. The number of ketones is 1. The fourth-order valence-electron chi connectivity index (χ4n) is 2.56. The molecule has 0 N–H and O–H groups in total. The van der Waals surface area contributed by atoms with Gasteiger partial charge in [0.1, 0.15) is 5.78 Å². The maximum atomic E-state index is 12.1. The van der Waals surface area contributed by atoms with Crippen LogP contribution in [0.15, 0.2) is 0 Å². The molecule has 1 atom stereocenters. The minimum atomic E-state index is -0.340. The second-order valence-electron chi connectivity index (χ2n) is 5.64. The summed E-state index contributed by atoms with van der Waals surface area (Å²) in [6, 6.07) is 0. The highest BCUT2D eigenvalue weighted by Crippen LogP contribution is 2.42. The van der Waals surface area contributed by atoms with Crippen LogP contribution in [-0.2, 0) is 14.3 Å². The van der Waals surface area contributed by atoms with Crippen molar-refractivity contribution in [2.45, 2.75) is 58.7 Å². The van der Waals surface area contributed by atoms with Crippen molar-refractivity contribution in [3.63, 3.8) is 0 Å². The lowest BCUT2D eigenvalue weighted by Crippen LogP contribution is -2.34. The zero-order valence-corrected chi connectivity index (χ0v) is 11.1. The molecule has 16 heavy (non-hydrogen) atoms. The molecule has 0 amide bonds. The molecule has 0 aliphatic carbocycles. The Kier molecular flexibility index (Phi) is 4.13. The maximum Gasteiger partial charge on any atom is 0.141 e. The van der Waals surface area contributed by atoms with Crippen molar-refractivity contribution < 1.29 is 14.3 Å². The summed E-state index contributed by atoms with van der Waals surface area (Å²) in [5, 5.41) is 0. The molecule has 1 rings (SSSR count). The second-order valence-corrected chi connectivity index (χ2v) is 5.64. The van der Waals surface area contributed by atoms with Crippen LogP contribution in [0.25, 0.3) is 0 Å². The molecule has 1 aliphatic heterocycles. The molecule has 0 spiro atoms. The predicted molar refractivity (Wildman–Crippen MR) is 63.5 cm³/mol. The molecular formula is C13H24O3. The van der Waals surface area contributed by atoms with Gasteiger partial charge < -0.3 is 9.47 Å². The molecule has 0 bridgehead atoms. The van der Waals surface area contributed by atoms with Gasteiger partial charge in [-0.1, -0.05) is 0 Å². The van der Waals surface area contributed by atoms with Gasteiger partial charge in [-0.2, -0.15) is 0 Å². The molecule has 1 heterocycles. The Balaban J connectivity index is 2.56. The Morgan fingerprint density at radius 1 is 1.38 bits per heavy atom. The van der Waals surface area contributed by atoms with E-state index < -0.39 is 0 Å². The minimum absolute atomic E-state index is 0.00274. The monoisotopic (exact) mass is 228 g/mol. The van der Waals surface area contributed by atoms with Crippen LogP contribution in [0, 0.1) is 5.92 Å². The van der Waals surface area contributed by atoms with Gasteiger partial charge in [0.15, 0.2) is 0 Å². The van der Waals surface area contributed by atoms with Crippen LogP contribution in [-0.4, -0.2) is 30.2 Å². The molecule has 1 saturated heterocycles. The van der Waals surface area contributed by atoms with Crippen LogP contribution in [0.4, 0.5) is 0 Å². The molecule has 3 nitrogen and oxygen atoms in total. The largest absolute Gasteiger partial charge is 0.381 e. The first-order valence-electron chi connectivity index (χ1n) is 6.09. The molecule has 0 aromatic carbocycles. The Morgan fingerprint density at radius 2 is 2.00 bits per heavy atom. The van der Waals surface area contributed by atoms with Crippen LogP contribution in [0.2, 0.25) is 0 Å². The predicted octanol–water partition coefficient (Wildman–Crippen LogP) is 2.58. The van der Waals surface area contributed by atoms with E-state index in [2.05, 4.69) is 0 Å². The quantitative estimate of drug-likeness (QED) is 0.678. The van der Waals surface area contributed by atoms with Gasteiger partial charge in [-0.3, -0.25) is 4.79 Å². The Morgan fingerprint density at radius 3 is 2.44 bits per heavy atom. The molecule has 94 valence electrons. The summed E-state index contributed by atoms with van der Waals surface area (Å²) in [5.41, 5.74) is -0.526. The molecule has 0 radical (unpaired) electrons. The molecule has 0 aromatic heterocycles. The van der Waals surface area contributed by atoms with Crippen molar-refractivity contribution in [1.29, 1.82) is 0 Å². The smallest absolute Gasteiger partial charge is 0.141 e. The van der Waals surface area contributed by atoms with Gasteiger partial charge in [0.2, 0.25) is 0 Å². The first-order valence-corrected chi connectivity index (χ1v) is 6.09.